The molecule has 5 heteroatoms. The van der Waals surface area contributed by atoms with Crippen molar-refractivity contribution in [2.75, 3.05) is 14.1 Å². The minimum atomic E-state index is -0.152. The molecule has 1 heterocycles. The number of halogens is 1. The second-order valence-electron chi connectivity index (χ2n) is 4.00. The lowest BCUT2D eigenvalue weighted by Gasteiger charge is -2.09. The maximum atomic E-state index is 11.8. The zero-order valence-corrected chi connectivity index (χ0v) is 10.8. The van der Waals surface area contributed by atoms with Gasteiger partial charge in [-0.15, -0.1) is 0 Å². The molecule has 0 aliphatic heterocycles. The lowest BCUT2D eigenvalue weighted by atomic mass is 10.1. The van der Waals surface area contributed by atoms with Gasteiger partial charge in [0.05, 0.1) is 5.69 Å². The molecule has 0 bridgehead atoms. The van der Waals surface area contributed by atoms with Crippen LogP contribution in [0.5, 0.6) is 0 Å². The van der Waals surface area contributed by atoms with Gasteiger partial charge in [0.15, 0.2) is 0 Å². The first-order chi connectivity index (χ1) is 8.58. The van der Waals surface area contributed by atoms with Crippen LogP contribution in [0.2, 0.25) is 5.02 Å². The third-order valence-corrected chi connectivity index (χ3v) is 2.65. The van der Waals surface area contributed by atoms with Crippen molar-refractivity contribution in [1.29, 1.82) is 0 Å². The normalized spacial score (nSPS) is 10.2. The summed E-state index contributed by atoms with van der Waals surface area (Å²) in [6.07, 6.45) is 1.38. The van der Waals surface area contributed by atoms with Crippen molar-refractivity contribution in [3.05, 3.63) is 47.4 Å². The van der Waals surface area contributed by atoms with Crippen molar-refractivity contribution in [3.8, 4) is 11.3 Å². The van der Waals surface area contributed by atoms with E-state index in [1.807, 2.05) is 12.1 Å². The Hall–Kier alpha value is -1.94. The van der Waals surface area contributed by atoms with Crippen molar-refractivity contribution in [3.63, 3.8) is 0 Å². The SMILES string of the molecule is CN(C)C(=O)c1cc(-c2cccc(Cl)c2)ncn1. The summed E-state index contributed by atoms with van der Waals surface area (Å²) in [5.74, 6) is -0.152. The topological polar surface area (TPSA) is 46.1 Å². The largest absolute Gasteiger partial charge is 0.343 e. The highest BCUT2D eigenvalue weighted by molar-refractivity contribution is 6.30. The Bertz CT molecular complexity index is 584. The van der Waals surface area contributed by atoms with Gasteiger partial charge in [0.1, 0.15) is 12.0 Å². The highest BCUT2D eigenvalue weighted by atomic mass is 35.5. The van der Waals surface area contributed by atoms with Crippen LogP contribution < -0.4 is 0 Å². The van der Waals surface area contributed by atoms with E-state index in [9.17, 15) is 4.79 Å². The monoisotopic (exact) mass is 261 g/mol. The molecular formula is C13H12ClN3O. The van der Waals surface area contributed by atoms with E-state index >= 15 is 0 Å². The fraction of sp³-hybridized carbons (Fsp3) is 0.154. The van der Waals surface area contributed by atoms with E-state index in [4.69, 9.17) is 11.6 Å². The molecule has 2 aromatic rings. The number of rotatable bonds is 2. The lowest BCUT2D eigenvalue weighted by Crippen LogP contribution is -2.22. The molecule has 1 aromatic heterocycles. The fourth-order valence-electron chi connectivity index (χ4n) is 1.51. The van der Waals surface area contributed by atoms with Crippen molar-refractivity contribution < 1.29 is 4.79 Å². The van der Waals surface area contributed by atoms with Gasteiger partial charge in [-0.05, 0) is 18.2 Å². The van der Waals surface area contributed by atoms with E-state index in [1.54, 1.807) is 32.3 Å². The minimum Gasteiger partial charge on any atom is -0.343 e. The first kappa shape index (κ1) is 12.5. The third kappa shape index (κ3) is 2.65. The molecule has 0 atom stereocenters. The van der Waals surface area contributed by atoms with E-state index in [-0.39, 0.29) is 5.91 Å². The zero-order valence-electron chi connectivity index (χ0n) is 10.1. The van der Waals surface area contributed by atoms with Crippen LogP contribution in [0.4, 0.5) is 0 Å². The average Bonchev–Trinajstić information content (AvgIpc) is 2.38. The summed E-state index contributed by atoms with van der Waals surface area (Å²) in [6, 6.07) is 8.98. The van der Waals surface area contributed by atoms with Gasteiger partial charge in [-0.2, -0.15) is 0 Å². The van der Waals surface area contributed by atoms with E-state index in [0.717, 1.165) is 5.56 Å². The quantitative estimate of drug-likeness (QED) is 0.834. The maximum absolute atomic E-state index is 11.8. The molecule has 0 N–H and O–H groups in total. The summed E-state index contributed by atoms with van der Waals surface area (Å²) in [6.45, 7) is 0. The van der Waals surface area contributed by atoms with Gasteiger partial charge in [-0.3, -0.25) is 4.79 Å². The van der Waals surface area contributed by atoms with E-state index in [2.05, 4.69) is 9.97 Å². The Balaban J connectivity index is 2.42. The highest BCUT2D eigenvalue weighted by Gasteiger charge is 2.11. The van der Waals surface area contributed by atoms with Crippen LogP contribution >= 0.6 is 11.6 Å². The Morgan fingerprint density at radius 1 is 1.22 bits per heavy atom. The van der Waals surface area contributed by atoms with Gasteiger partial charge in [-0.1, -0.05) is 23.7 Å². The van der Waals surface area contributed by atoms with Gasteiger partial charge in [0.25, 0.3) is 5.91 Å². The molecule has 0 aliphatic rings. The number of hydrogen-bond donors (Lipinski definition) is 0. The Labute approximate surface area is 110 Å². The molecule has 0 saturated carbocycles. The minimum absolute atomic E-state index is 0.152. The molecule has 4 nitrogen and oxygen atoms in total. The van der Waals surface area contributed by atoms with E-state index < -0.39 is 0 Å². The number of carbonyl (C=O) groups excluding carboxylic acids is 1. The summed E-state index contributed by atoms with van der Waals surface area (Å²) < 4.78 is 0. The first-order valence-corrected chi connectivity index (χ1v) is 5.75. The number of carbonyl (C=O) groups is 1. The highest BCUT2D eigenvalue weighted by Crippen LogP contribution is 2.21. The van der Waals surface area contributed by atoms with Gasteiger partial charge >= 0.3 is 0 Å². The van der Waals surface area contributed by atoms with E-state index in [1.165, 1.54) is 11.2 Å². The van der Waals surface area contributed by atoms with Crippen molar-refractivity contribution in [2.24, 2.45) is 0 Å². The second-order valence-corrected chi connectivity index (χ2v) is 4.43. The number of nitrogens with zero attached hydrogens (tertiary/aromatic N) is 3. The van der Waals surface area contributed by atoms with Crippen molar-refractivity contribution >= 4 is 17.5 Å². The van der Waals surface area contributed by atoms with Gasteiger partial charge in [0.2, 0.25) is 0 Å². The predicted molar refractivity (Wildman–Crippen MR) is 70.5 cm³/mol. The maximum Gasteiger partial charge on any atom is 0.272 e. The molecule has 92 valence electrons. The predicted octanol–water partition coefficient (Wildman–Crippen LogP) is 2.50. The van der Waals surface area contributed by atoms with Crippen LogP contribution in [0, 0.1) is 0 Å². The summed E-state index contributed by atoms with van der Waals surface area (Å²) in [5, 5.41) is 0.631. The van der Waals surface area contributed by atoms with Gasteiger partial charge < -0.3 is 4.90 Å². The van der Waals surface area contributed by atoms with Gasteiger partial charge in [0, 0.05) is 24.7 Å². The number of aromatic nitrogens is 2. The number of hydrogen-bond acceptors (Lipinski definition) is 3. The third-order valence-electron chi connectivity index (χ3n) is 2.41. The molecule has 1 aromatic carbocycles. The van der Waals surface area contributed by atoms with Crippen LogP contribution in [0.25, 0.3) is 11.3 Å². The number of benzene rings is 1. The van der Waals surface area contributed by atoms with Crippen molar-refractivity contribution in [2.45, 2.75) is 0 Å². The lowest BCUT2D eigenvalue weighted by molar-refractivity contribution is 0.0822. The molecule has 0 radical (unpaired) electrons. The van der Waals surface area contributed by atoms with Crippen LogP contribution in [0.1, 0.15) is 10.5 Å². The van der Waals surface area contributed by atoms with Crippen LogP contribution in [-0.4, -0.2) is 34.9 Å². The van der Waals surface area contributed by atoms with Crippen LogP contribution in [-0.2, 0) is 0 Å². The molecule has 2 rings (SSSR count). The molecule has 0 spiro atoms. The standard InChI is InChI=1S/C13H12ClN3O/c1-17(2)13(18)12-7-11(15-8-16-12)9-4-3-5-10(14)6-9/h3-8H,1-2H3. The summed E-state index contributed by atoms with van der Waals surface area (Å²) >= 11 is 5.93. The Morgan fingerprint density at radius 3 is 2.67 bits per heavy atom. The van der Waals surface area contributed by atoms with Crippen molar-refractivity contribution in [1.82, 2.24) is 14.9 Å². The zero-order chi connectivity index (χ0) is 13.1. The molecule has 0 aliphatic carbocycles. The Kier molecular flexibility index (Phi) is 3.58. The molecule has 18 heavy (non-hydrogen) atoms. The van der Waals surface area contributed by atoms with E-state index in [0.29, 0.717) is 16.4 Å². The number of amides is 1. The fourth-order valence-corrected chi connectivity index (χ4v) is 1.70. The molecule has 1 amide bonds. The smallest absolute Gasteiger partial charge is 0.272 e. The molecule has 0 saturated heterocycles. The summed E-state index contributed by atoms with van der Waals surface area (Å²) in [5.41, 5.74) is 1.90. The summed E-state index contributed by atoms with van der Waals surface area (Å²) in [7, 11) is 3.37. The van der Waals surface area contributed by atoms with Crippen LogP contribution in [0.15, 0.2) is 36.7 Å². The first-order valence-electron chi connectivity index (χ1n) is 5.37. The van der Waals surface area contributed by atoms with Crippen LogP contribution in [0.3, 0.4) is 0 Å². The van der Waals surface area contributed by atoms with Gasteiger partial charge in [-0.25, -0.2) is 9.97 Å². The summed E-state index contributed by atoms with van der Waals surface area (Å²) in [4.78, 5) is 21.4. The Morgan fingerprint density at radius 2 is 2.00 bits per heavy atom. The average molecular weight is 262 g/mol. The molecule has 0 unspecified atom stereocenters. The molecular weight excluding hydrogens is 250 g/mol. The molecule has 0 fully saturated rings. The second kappa shape index (κ2) is 5.14.